The van der Waals surface area contributed by atoms with Crippen molar-refractivity contribution in [3.05, 3.63) is 54.1 Å². The van der Waals surface area contributed by atoms with Crippen LogP contribution in [0.15, 0.2) is 48.5 Å². The molecular formula is C18H20N2O4. The number of methoxy groups -OCH3 is 1. The van der Waals surface area contributed by atoms with Crippen molar-refractivity contribution in [3.8, 4) is 11.5 Å². The minimum Gasteiger partial charge on any atom is -0.493 e. The fourth-order valence-corrected chi connectivity index (χ4v) is 2.07. The number of carbonyl (C=O) groups excluding carboxylic acids is 2. The van der Waals surface area contributed by atoms with E-state index in [1.807, 2.05) is 18.2 Å². The standard InChI is InChI=1S/C18H20N2O4/c1-13(21)20-15-9-7-14(8-10-15)18(22)19-11-12-24-17-6-4-3-5-16(17)23-2/h3-10H,11-12H2,1-2H3,(H,19,22)(H,20,21). The molecule has 0 fully saturated rings. The first-order valence-electron chi connectivity index (χ1n) is 7.52. The van der Waals surface area contributed by atoms with Crippen LogP contribution in [0.1, 0.15) is 17.3 Å². The summed E-state index contributed by atoms with van der Waals surface area (Å²) in [5, 5.41) is 5.42. The molecule has 2 N–H and O–H groups in total. The maximum absolute atomic E-state index is 12.0. The minimum atomic E-state index is -0.201. The highest BCUT2D eigenvalue weighted by atomic mass is 16.5. The quantitative estimate of drug-likeness (QED) is 0.766. The Morgan fingerprint density at radius 2 is 1.67 bits per heavy atom. The molecule has 24 heavy (non-hydrogen) atoms. The van der Waals surface area contributed by atoms with E-state index in [-0.39, 0.29) is 11.8 Å². The van der Waals surface area contributed by atoms with Gasteiger partial charge in [-0.25, -0.2) is 0 Å². The van der Waals surface area contributed by atoms with Crippen molar-refractivity contribution in [1.82, 2.24) is 5.32 Å². The third kappa shape index (κ3) is 5.01. The van der Waals surface area contributed by atoms with Crippen molar-refractivity contribution >= 4 is 17.5 Å². The Balaban J connectivity index is 1.79. The largest absolute Gasteiger partial charge is 0.493 e. The molecule has 0 radical (unpaired) electrons. The van der Waals surface area contributed by atoms with E-state index in [0.29, 0.717) is 35.9 Å². The average molecular weight is 328 g/mol. The van der Waals surface area contributed by atoms with Gasteiger partial charge in [0.05, 0.1) is 13.7 Å². The van der Waals surface area contributed by atoms with E-state index in [0.717, 1.165) is 0 Å². The molecule has 126 valence electrons. The lowest BCUT2D eigenvalue weighted by Crippen LogP contribution is -2.28. The highest BCUT2D eigenvalue weighted by molar-refractivity contribution is 5.95. The molecule has 0 unspecified atom stereocenters. The van der Waals surface area contributed by atoms with Gasteiger partial charge in [0, 0.05) is 18.2 Å². The molecule has 0 spiro atoms. The highest BCUT2D eigenvalue weighted by Crippen LogP contribution is 2.25. The second-order valence-electron chi connectivity index (χ2n) is 5.01. The van der Waals surface area contributed by atoms with Gasteiger partial charge in [0.1, 0.15) is 6.61 Å². The van der Waals surface area contributed by atoms with Crippen LogP contribution in [0, 0.1) is 0 Å². The summed E-state index contributed by atoms with van der Waals surface area (Å²) in [5.74, 6) is 0.931. The molecule has 2 aromatic carbocycles. The summed E-state index contributed by atoms with van der Waals surface area (Å²) in [4.78, 5) is 23.0. The van der Waals surface area contributed by atoms with Gasteiger partial charge < -0.3 is 20.1 Å². The summed E-state index contributed by atoms with van der Waals surface area (Å²) in [6, 6.07) is 14.0. The van der Waals surface area contributed by atoms with Crippen LogP contribution in [-0.4, -0.2) is 32.1 Å². The first kappa shape index (κ1) is 17.3. The minimum absolute atomic E-state index is 0.152. The van der Waals surface area contributed by atoms with Crippen LogP contribution in [0.3, 0.4) is 0 Å². The topological polar surface area (TPSA) is 76.7 Å². The van der Waals surface area contributed by atoms with Crippen LogP contribution in [0.4, 0.5) is 5.69 Å². The van der Waals surface area contributed by atoms with E-state index < -0.39 is 0 Å². The van der Waals surface area contributed by atoms with Crippen molar-refractivity contribution in [1.29, 1.82) is 0 Å². The second kappa shape index (κ2) is 8.57. The third-order valence-corrected chi connectivity index (χ3v) is 3.18. The molecule has 6 nitrogen and oxygen atoms in total. The maximum atomic E-state index is 12.0. The maximum Gasteiger partial charge on any atom is 0.251 e. The molecule has 0 aliphatic rings. The molecule has 0 saturated heterocycles. The number of benzene rings is 2. The van der Waals surface area contributed by atoms with Gasteiger partial charge in [0.25, 0.3) is 5.91 Å². The molecule has 2 aromatic rings. The van der Waals surface area contributed by atoms with Crippen molar-refractivity contribution in [2.24, 2.45) is 0 Å². The van der Waals surface area contributed by atoms with Gasteiger partial charge in [-0.1, -0.05) is 12.1 Å². The number of hydrogen-bond donors (Lipinski definition) is 2. The van der Waals surface area contributed by atoms with Crippen LogP contribution >= 0.6 is 0 Å². The fraction of sp³-hybridized carbons (Fsp3) is 0.222. The summed E-state index contributed by atoms with van der Waals surface area (Å²) < 4.78 is 10.8. The smallest absolute Gasteiger partial charge is 0.251 e. The van der Waals surface area contributed by atoms with Gasteiger partial charge in [0.15, 0.2) is 11.5 Å². The van der Waals surface area contributed by atoms with E-state index in [1.165, 1.54) is 6.92 Å². The number of amides is 2. The molecule has 0 aromatic heterocycles. The number of rotatable bonds is 7. The zero-order valence-electron chi connectivity index (χ0n) is 13.7. The van der Waals surface area contributed by atoms with Crippen LogP contribution < -0.4 is 20.1 Å². The van der Waals surface area contributed by atoms with E-state index in [2.05, 4.69) is 10.6 Å². The molecule has 0 aliphatic carbocycles. The second-order valence-corrected chi connectivity index (χ2v) is 5.01. The third-order valence-electron chi connectivity index (χ3n) is 3.18. The Labute approximate surface area is 140 Å². The number of para-hydroxylation sites is 2. The predicted molar refractivity (Wildman–Crippen MR) is 91.6 cm³/mol. The number of carbonyl (C=O) groups is 2. The van der Waals surface area contributed by atoms with Crippen LogP contribution in [-0.2, 0) is 4.79 Å². The van der Waals surface area contributed by atoms with Crippen LogP contribution in [0.25, 0.3) is 0 Å². The SMILES string of the molecule is COc1ccccc1OCCNC(=O)c1ccc(NC(C)=O)cc1. The van der Waals surface area contributed by atoms with E-state index >= 15 is 0 Å². The molecule has 0 aliphatic heterocycles. The molecule has 0 saturated carbocycles. The lowest BCUT2D eigenvalue weighted by atomic mass is 10.2. The van der Waals surface area contributed by atoms with Crippen LogP contribution in [0.5, 0.6) is 11.5 Å². The molecule has 0 atom stereocenters. The van der Waals surface area contributed by atoms with Gasteiger partial charge in [0.2, 0.25) is 5.91 Å². The zero-order valence-corrected chi connectivity index (χ0v) is 13.7. The Morgan fingerprint density at radius 1 is 1.00 bits per heavy atom. The summed E-state index contributed by atoms with van der Waals surface area (Å²) in [7, 11) is 1.58. The molecule has 6 heteroatoms. The van der Waals surface area contributed by atoms with Crippen LogP contribution in [0.2, 0.25) is 0 Å². The van der Waals surface area contributed by atoms with Crippen molar-refractivity contribution in [2.45, 2.75) is 6.92 Å². The fourth-order valence-electron chi connectivity index (χ4n) is 2.07. The van der Waals surface area contributed by atoms with Gasteiger partial charge in [-0.2, -0.15) is 0 Å². The number of ether oxygens (including phenoxy) is 2. The highest BCUT2D eigenvalue weighted by Gasteiger charge is 2.06. The average Bonchev–Trinajstić information content (AvgIpc) is 2.59. The monoisotopic (exact) mass is 328 g/mol. The van der Waals surface area contributed by atoms with E-state index in [9.17, 15) is 9.59 Å². The molecule has 0 bridgehead atoms. The Bertz CT molecular complexity index is 698. The van der Waals surface area contributed by atoms with Crippen molar-refractivity contribution < 1.29 is 19.1 Å². The first-order valence-corrected chi connectivity index (χ1v) is 7.52. The number of hydrogen-bond acceptors (Lipinski definition) is 4. The van der Waals surface area contributed by atoms with Gasteiger partial charge >= 0.3 is 0 Å². The Hall–Kier alpha value is -3.02. The lowest BCUT2D eigenvalue weighted by molar-refractivity contribution is -0.114. The molecule has 2 rings (SSSR count). The van der Waals surface area contributed by atoms with Gasteiger partial charge in [-0.3, -0.25) is 9.59 Å². The number of nitrogens with one attached hydrogen (secondary N) is 2. The zero-order chi connectivity index (χ0) is 17.4. The summed E-state index contributed by atoms with van der Waals surface area (Å²) in [5.41, 5.74) is 1.17. The van der Waals surface area contributed by atoms with Gasteiger partial charge in [-0.15, -0.1) is 0 Å². The van der Waals surface area contributed by atoms with Crippen molar-refractivity contribution in [3.63, 3.8) is 0 Å². The van der Waals surface area contributed by atoms with E-state index in [4.69, 9.17) is 9.47 Å². The summed E-state index contributed by atoms with van der Waals surface area (Å²) in [6.45, 7) is 2.13. The lowest BCUT2D eigenvalue weighted by Gasteiger charge is -2.11. The normalized spacial score (nSPS) is 9.92. The Morgan fingerprint density at radius 3 is 2.29 bits per heavy atom. The molecule has 0 heterocycles. The first-order chi connectivity index (χ1) is 11.6. The summed E-state index contributed by atoms with van der Waals surface area (Å²) in [6.07, 6.45) is 0. The van der Waals surface area contributed by atoms with E-state index in [1.54, 1.807) is 37.4 Å². The Kier molecular flexibility index (Phi) is 6.19. The van der Waals surface area contributed by atoms with Gasteiger partial charge in [-0.05, 0) is 36.4 Å². The molecular weight excluding hydrogens is 308 g/mol. The predicted octanol–water partition coefficient (Wildman–Crippen LogP) is 2.46. The summed E-state index contributed by atoms with van der Waals surface area (Å²) >= 11 is 0. The van der Waals surface area contributed by atoms with Crippen molar-refractivity contribution in [2.75, 3.05) is 25.6 Å². The molecule has 2 amide bonds. The number of anilines is 1.